The Hall–Kier alpha value is -6.70. The van der Waals surface area contributed by atoms with Crippen LogP contribution in [-0.4, -0.2) is 31.6 Å². The van der Waals surface area contributed by atoms with E-state index >= 15 is 0 Å². The van der Waals surface area contributed by atoms with Gasteiger partial charge in [-0.3, -0.25) is 4.79 Å². The maximum Gasteiger partial charge on any atom is 0.224 e. The molecule has 7 aromatic rings. The number of carbonyl (C=O) groups excluding carboxylic acids is 1. The third-order valence-electron chi connectivity index (χ3n) is 11.0. The van der Waals surface area contributed by atoms with Crippen molar-refractivity contribution in [3.63, 3.8) is 0 Å². The summed E-state index contributed by atoms with van der Waals surface area (Å²) in [5.41, 5.74) is 16.2. The standard InChI is InChI=1S/C52H45N5OS/c58-48(21-13-2-1-3-14-34-59)53-39-24-22-38(23-25-39)52-46-32-30-44(56-46)50(36-17-9-5-10-18-36)42-28-26-40(54-42)49(35-15-7-4-8-16-35)41-27-29-43(55-41)51(37-19-11-6-12-20-37)45-31-33-47(52)57-45/h4-12,15-20,22-33,54,57,59H,1-3,13-14,21,34H2,(H,53,58). The Kier molecular flexibility index (Phi) is 11.2. The summed E-state index contributed by atoms with van der Waals surface area (Å²) in [5.74, 6) is 0.958. The summed E-state index contributed by atoms with van der Waals surface area (Å²) in [7, 11) is 0. The molecule has 0 radical (unpaired) electrons. The van der Waals surface area contributed by atoms with Crippen molar-refractivity contribution in [1.29, 1.82) is 0 Å². The first-order valence-electron chi connectivity index (χ1n) is 20.5. The average Bonchev–Trinajstić information content (AvgIpc) is 4.12. The maximum atomic E-state index is 12.9. The first-order chi connectivity index (χ1) is 29.1. The number of thiol groups is 1. The summed E-state index contributed by atoms with van der Waals surface area (Å²) < 4.78 is 0. The molecule has 0 fully saturated rings. The zero-order chi connectivity index (χ0) is 40.0. The van der Waals surface area contributed by atoms with Gasteiger partial charge in [0.15, 0.2) is 0 Å². The highest BCUT2D eigenvalue weighted by molar-refractivity contribution is 7.80. The van der Waals surface area contributed by atoms with Crippen LogP contribution in [0, 0.1) is 0 Å². The van der Waals surface area contributed by atoms with E-state index in [4.69, 9.17) is 9.97 Å². The molecule has 2 aliphatic rings. The van der Waals surface area contributed by atoms with Gasteiger partial charge >= 0.3 is 0 Å². The fourth-order valence-corrected chi connectivity index (χ4v) is 8.33. The van der Waals surface area contributed by atoms with E-state index in [9.17, 15) is 4.79 Å². The number of aromatic amines is 2. The second kappa shape index (κ2) is 17.4. The molecule has 0 spiro atoms. The van der Waals surface area contributed by atoms with Crippen molar-refractivity contribution in [3.8, 4) is 44.5 Å². The highest BCUT2D eigenvalue weighted by atomic mass is 32.1. The van der Waals surface area contributed by atoms with Crippen molar-refractivity contribution in [2.24, 2.45) is 0 Å². The van der Waals surface area contributed by atoms with Crippen LogP contribution in [-0.2, 0) is 4.79 Å². The Morgan fingerprint density at radius 1 is 0.441 bits per heavy atom. The molecular formula is C52H45N5OS. The number of nitrogens with zero attached hydrogens (tertiary/aromatic N) is 2. The van der Waals surface area contributed by atoms with E-state index in [0.717, 1.165) is 133 Å². The van der Waals surface area contributed by atoms with Gasteiger partial charge in [-0.1, -0.05) is 122 Å². The Bertz CT molecular complexity index is 2800. The van der Waals surface area contributed by atoms with Gasteiger partial charge in [-0.25, -0.2) is 9.97 Å². The molecule has 5 heterocycles. The first-order valence-corrected chi connectivity index (χ1v) is 21.1. The van der Waals surface area contributed by atoms with Crippen molar-refractivity contribution in [2.45, 2.75) is 38.5 Å². The lowest BCUT2D eigenvalue weighted by atomic mass is 10.0. The van der Waals surface area contributed by atoms with Gasteiger partial charge in [0.25, 0.3) is 0 Å². The summed E-state index contributed by atoms with van der Waals surface area (Å²) >= 11 is 4.30. The average molecular weight is 788 g/mol. The minimum absolute atomic E-state index is 0.0406. The van der Waals surface area contributed by atoms with Crippen molar-refractivity contribution in [3.05, 3.63) is 162 Å². The number of H-pyrrole nitrogens is 2. The number of nitrogens with one attached hydrogen (secondary N) is 3. The van der Waals surface area contributed by atoms with Gasteiger partial charge in [0.05, 0.1) is 22.8 Å². The Morgan fingerprint density at radius 3 is 1.19 bits per heavy atom. The van der Waals surface area contributed by atoms with Crippen LogP contribution in [0.25, 0.3) is 90.9 Å². The predicted octanol–water partition coefficient (Wildman–Crippen LogP) is 13.5. The second-order valence-corrected chi connectivity index (χ2v) is 15.4. The van der Waals surface area contributed by atoms with Crippen LogP contribution in [0.4, 0.5) is 5.69 Å². The lowest BCUT2D eigenvalue weighted by Crippen LogP contribution is -2.10. The minimum Gasteiger partial charge on any atom is -0.354 e. The number of fused-ring (bicyclic) bond motifs is 8. The SMILES string of the molecule is O=C(CCCCCCCS)Nc1ccc(-c2c3nc(c(-c4ccccc4)c4ccc([nH]4)c(-c4ccccc4)c4nc(c(-c5ccccc5)c5ccc2[nH]5)C=C4)C=C3)cc1. The molecule has 9 rings (SSSR count). The third kappa shape index (κ3) is 8.20. The van der Waals surface area contributed by atoms with E-state index in [2.05, 4.69) is 161 Å². The zero-order valence-corrected chi connectivity index (χ0v) is 33.7. The quantitative estimate of drug-likeness (QED) is 0.0735. The molecule has 6 nitrogen and oxygen atoms in total. The van der Waals surface area contributed by atoms with E-state index in [1.54, 1.807) is 0 Å². The number of hydrogen-bond donors (Lipinski definition) is 4. The van der Waals surface area contributed by atoms with Gasteiger partial charge in [0, 0.05) is 56.4 Å². The first kappa shape index (κ1) is 37.9. The van der Waals surface area contributed by atoms with Crippen molar-refractivity contribution in [2.75, 3.05) is 11.1 Å². The van der Waals surface area contributed by atoms with Crippen LogP contribution >= 0.6 is 12.6 Å². The molecular weight excluding hydrogens is 743 g/mol. The van der Waals surface area contributed by atoms with E-state index in [0.29, 0.717) is 6.42 Å². The normalized spacial score (nSPS) is 11.9. The molecule has 0 aliphatic carbocycles. The Labute approximate surface area is 350 Å². The Morgan fingerprint density at radius 2 is 0.797 bits per heavy atom. The fourth-order valence-electron chi connectivity index (χ4n) is 8.11. The number of amides is 1. The van der Waals surface area contributed by atoms with Crippen LogP contribution in [0.3, 0.4) is 0 Å². The molecule has 0 atom stereocenters. The predicted molar refractivity (Wildman–Crippen MR) is 251 cm³/mol. The molecule has 4 aromatic carbocycles. The lowest BCUT2D eigenvalue weighted by Gasteiger charge is -2.09. The molecule has 8 bridgehead atoms. The van der Waals surface area contributed by atoms with Gasteiger partial charge in [0.2, 0.25) is 5.91 Å². The van der Waals surface area contributed by atoms with E-state index in [-0.39, 0.29) is 5.91 Å². The summed E-state index contributed by atoms with van der Waals surface area (Å²) in [6, 6.07) is 48.0. The van der Waals surface area contributed by atoms with Gasteiger partial charge in [0.1, 0.15) is 0 Å². The number of benzene rings is 4. The monoisotopic (exact) mass is 787 g/mol. The van der Waals surface area contributed by atoms with Crippen LogP contribution in [0.5, 0.6) is 0 Å². The van der Waals surface area contributed by atoms with Gasteiger partial charge < -0.3 is 15.3 Å². The van der Waals surface area contributed by atoms with Gasteiger partial charge in [-0.15, -0.1) is 0 Å². The van der Waals surface area contributed by atoms with Gasteiger partial charge in [-0.2, -0.15) is 12.6 Å². The third-order valence-corrected chi connectivity index (χ3v) is 11.3. The molecule has 0 unspecified atom stereocenters. The zero-order valence-electron chi connectivity index (χ0n) is 32.8. The summed E-state index contributed by atoms with van der Waals surface area (Å²) in [4.78, 5) is 31.3. The fraction of sp³-hybridized carbons (Fsp3) is 0.135. The molecule has 0 saturated heterocycles. The van der Waals surface area contributed by atoms with Crippen molar-refractivity contribution in [1.82, 2.24) is 19.9 Å². The van der Waals surface area contributed by atoms with E-state index < -0.39 is 0 Å². The van der Waals surface area contributed by atoms with Crippen LogP contribution in [0.2, 0.25) is 0 Å². The second-order valence-electron chi connectivity index (χ2n) is 15.0. The highest BCUT2D eigenvalue weighted by Crippen LogP contribution is 2.38. The number of carbonyl (C=O) groups is 1. The molecule has 3 N–H and O–H groups in total. The van der Waals surface area contributed by atoms with Crippen molar-refractivity contribution >= 4 is 70.6 Å². The Balaban J connectivity index is 1.26. The van der Waals surface area contributed by atoms with Crippen molar-refractivity contribution < 1.29 is 4.79 Å². The minimum atomic E-state index is 0.0406. The van der Waals surface area contributed by atoms with Crippen LogP contribution in [0.15, 0.2) is 140 Å². The number of rotatable bonds is 12. The molecule has 7 heteroatoms. The molecule has 290 valence electrons. The van der Waals surface area contributed by atoms with E-state index in [1.165, 1.54) is 0 Å². The maximum absolute atomic E-state index is 12.9. The number of unbranched alkanes of at least 4 members (excludes halogenated alkanes) is 4. The summed E-state index contributed by atoms with van der Waals surface area (Å²) in [6.45, 7) is 0. The summed E-state index contributed by atoms with van der Waals surface area (Å²) in [5, 5.41) is 3.12. The molecule has 59 heavy (non-hydrogen) atoms. The summed E-state index contributed by atoms with van der Waals surface area (Å²) in [6.07, 6.45) is 14.3. The molecule has 1 amide bonds. The molecule has 0 saturated carbocycles. The molecule has 3 aromatic heterocycles. The number of aromatic nitrogens is 4. The van der Waals surface area contributed by atoms with Crippen LogP contribution in [0.1, 0.15) is 61.3 Å². The van der Waals surface area contributed by atoms with E-state index in [1.807, 2.05) is 30.3 Å². The van der Waals surface area contributed by atoms with Gasteiger partial charge in [-0.05, 0) is 102 Å². The largest absolute Gasteiger partial charge is 0.354 e. The number of anilines is 1. The smallest absolute Gasteiger partial charge is 0.224 e. The topological polar surface area (TPSA) is 86.5 Å². The van der Waals surface area contributed by atoms with Crippen LogP contribution < -0.4 is 5.32 Å². The number of hydrogen-bond acceptors (Lipinski definition) is 4. The lowest BCUT2D eigenvalue weighted by molar-refractivity contribution is -0.116. The molecule has 2 aliphatic heterocycles. The highest BCUT2D eigenvalue weighted by Gasteiger charge is 2.19.